The SMILES string of the molecule is NNC(=NC1CCCCCC1)c1ccoc1. The zero-order valence-electron chi connectivity index (χ0n) is 9.48. The maximum Gasteiger partial charge on any atom is 0.146 e. The van der Waals surface area contributed by atoms with Crippen LogP contribution in [0.4, 0.5) is 0 Å². The molecule has 3 N–H and O–H groups in total. The highest BCUT2D eigenvalue weighted by atomic mass is 16.3. The van der Waals surface area contributed by atoms with Crippen molar-refractivity contribution < 1.29 is 4.42 Å². The van der Waals surface area contributed by atoms with Gasteiger partial charge in [-0.25, -0.2) is 5.84 Å². The highest BCUT2D eigenvalue weighted by Crippen LogP contribution is 2.20. The normalized spacial score (nSPS) is 19.4. The number of hydrogen-bond donors (Lipinski definition) is 2. The molecule has 0 aliphatic heterocycles. The smallest absolute Gasteiger partial charge is 0.146 e. The number of aliphatic imine (C=N–C) groups is 1. The van der Waals surface area contributed by atoms with Crippen LogP contribution in [0.1, 0.15) is 44.1 Å². The minimum atomic E-state index is 0.406. The second-order valence-corrected chi connectivity index (χ2v) is 4.28. The third-order valence-corrected chi connectivity index (χ3v) is 3.07. The Bertz CT molecular complexity index is 324. The molecule has 1 fully saturated rings. The van der Waals surface area contributed by atoms with E-state index in [0.29, 0.717) is 6.04 Å². The van der Waals surface area contributed by atoms with Gasteiger partial charge in [-0.15, -0.1) is 0 Å². The van der Waals surface area contributed by atoms with E-state index in [4.69, 9.17) is 10.3 Å². The summed E-state index contributed by atoms with van der Waals surface area (Å²) in [5, 5.41) is 0. The molecule has 0 saturated heterocycles. The summed E-state index contributed by atoms with van der Waals surface area (Å²) < 4.78 is 5.03. The first-order chi connectivity index (χ1) is 7.90. The molecule has 1 aliphatic rings. The number of hydrogen-bond acceptors (Lipinski definition) is 3. The monoisotopic (exact) mass is 221 g/mol. The van der Waals surface area contributed by atoms with Crippen molar-refractivity contribution in [2.45, 2.75) is 44.6 Å². The number of nitrogens with one attached hydrogen (secondary N) is 1. The number of rotatable bonds is 2. The summed E-state index contributed by atoms with van der Waals surface area (Å²) in [6.45, 7) is 0. The molecule has 0 bridgehead atoms. The fraction of sp³-hybridized carbons (Fsp3) is 0.583. The molecule has 88 valence electrons. The van der Waals surface area contributed by atoms with Gasteiger partial charge in [0.25, 0.3) is 0 Å². The van der Waals surface area contributed by atoms with E-state index >= 15 is 0 Å². The van der Waals surface area contributed by atoms with Gasteiger partial charge in [-0.05, 0) is 18.9 Å². The quantitative estimate of drug-likeness (QED) is 0.264. The number of hydrazine groups is 1. The maximum absolute atomic E-state index is 5.50. The van der Waals surface area contributed by atoms with Crippen LogP contribution in [0.15, 0.2) is 28.0 Å². The van der Waals surface area contributed by atoms with Gasteiger partial charge in [0.15, 0.2) is 0 Å². The molecule has 1 saturated carbocycles. The molecular formula is C12H19N3O. The second kappa shape index (κ2) is 5.70. The standard InChI is InChI=1S/C12H19N3O/c13-15-12(10-7-8-16-9-10)14-11-5-3-1-2-4-6-11/h7-9,11H,1-6,13H2,(H,14,15). The highest BCUT2D eigenvalue weighted by molar-refractivity contribution is 5.98. The van der Waals surface area contributed by atoms with E-state index < -0.39 is 0 Å². The zero-order valence-corrected chi connectivity index (χ0v) is 9.48. The Balaban J connectivity index is 2.07. The number of furan rings is 1. The van der Waals surface area contributed by atoms with Crippen molar-refractivity contribution in [3.05, 3.63) is 24.2 Å². The van der Waals surface area contributed by atoms with Crippen molar-refractivity contribution in [1.29, 1.82) is 0 Å². The fourth-order valence-corrected chi connectivity index (χ4v) is 2.16. The molecule has 1 heterocycles. The molecule has 1 aliphatic carbocycles. The lowest BCUT2D eigenvalue weighted by Gasteiger charge is -2.11. The highest BCUT2D eigenvalue weighted by Gasteiger charge is 2.13. The number of nitrogens with zero attached hydrogens (tertiary/aromatic N) is 1. The van der Waals surface area contributed by atoms with E-state index in [1.807, 2.05) is 6.07 Å². The Kier molecular flexibility index (Phi) is 3.99. The third-order valence-electron chi connectivity index (χ3n) is 3.07. The van der Waals surface area contributed by atoms with E-state index in [2.05, 4.69) is 10.4 Å². The van der Waals surface area contributed by atoms with Gasteiger partial charge in [0.05, 0.1) is 17.9 Å². The van der Waals surface area contributed by atoms with Gasteiger partial charge in [-0.2, -0.15) is 0 Å². The van der Waals surface area contributed by atoms with Crippen LogP contribution in [-0.4, -0.2) is 11.9 Å². The van der Waals surface area contributed by atoms with Gasteiger partial charge in [0.1, 0.15) is 12.1 Å². The summed E-state index contributed by atoms with van der Waals surface area (Å²) in [6, 6.07) is 2.28. The van der Waals surface area contributed by atoms with Gasteiger partial charge in [-0.3, -0.25) is 4.99 Å². The van der Waals surface area contributed by atoms with Crippen LogP contribution < -0.4 is 11.3 Å². The van der Waals surface area contributed by atoms with Crippen molar-refractivity contribution in [2.24, 2.45) is 10.8 Å². The van der Waals surface area contributed by atoms with E-state index in [9.17, 15) is 0 Å². The van der Waals surface area contributed by atoms with Crippen LogP contribution in [0.2, 0.25) is 0 Å². The Morgan fingerprint density at radius 3 is 2.62 bits per heavy atom. The zero-order chi connectivity index (χ0) is 11.2. The summed E-state index contributed by atoms with van der Waals surface area (Å²) in [6.07, 6.45) is 10.9. The summed E-state index contributed by atoms with van der Waals surface area (Å²) in [4.78, 5) is 4.68. The predicted molar refractivity (Wildman–Crippen MR) is 64.1 cm³/mol. The largest absolute Gasteiger partial charge is 0.472 e. The maximum atomic E-state index is 5.50. The Morgan fingerprint density at radius 1 is 1.31 bits per heavy atom. The molecule has 0 unspecified atom stereocenters. The molecule has 1 aromatic rings. The van der Waals surface area contributed by atoms with Gasteiger partial charge in [0, 0.05) is 0 Å². The molecule has 0 spiro atoms. The van der Waals surface area contributed by atoms with Gasteiger partial charge in [-0.1, -0.05) is 25.7 Å². The molecule has 16 heavy (non-hydrogen) atoms. The molecule has 0 aromatic carbocycles. The number of amidine groups is 1. The molecule has 4 nitrogen and oxygen atoms in total. The lowest BCUT2D eigenvalue weighted by Crippen LogP contribution is -2.32. The van der Waals surface area contributed by atoms with Gasteiger partial charge in [0.2, 0.25) is 0 Å². The summed E-state index contributed by atoms with van der Waals surface area (Å²) in [5.74, 6) is 6.23. The van der Waals surface area contributed by atoms with Crippen molar-refractivity contribution in [3.63, 3.8) is 0 Å². The Labute approximate surface area is 95.9 Å². The summed E-state index contributed by atoms with van der Waals surface area (Å²) in [7, 11) is 0. The molecule has 4 heteroatoms. The van der Waals surface area contributed by atoms with Crippen LogP contribution in [0, 0.1) is 0 Å². The number of nitrogens with two attached hydrogens (primary N) is 1. The lowest BCUT2D eigenvalue weighted by molar-refractivity contribution is 0.565. The van der Waals surface area contributed by atoms with Crippen LogP contribution >= 0.6 is 0 Å². The Morgan fingerprint density at radius 2 is 2.06 bits per heavy atom. The van der Waals surface area contributed by atoms with Crippen molar-refractivity contribution in [3.8, 4) is 0 Å². The third kappa shape index (κ3) is 2.85. The first kappa shape index (κ1) is 11.2. The topological polar surface area (TPSA) is 63.5 Å². The fourth-order valence-electron chi connectivity index (χ4n) is 2.16. The Hall–Kier alpha value is -1.29. The molecule has 2 rings (SSSR count). The van der Waals surface area contributed by atoms with E-state index in [0.717, 1.165) is 11.4 Å². The molecular weight excluding hydrogens is 202 g/mol. The molecule has 0 amide bonds. The van der Waals surface area contributed by atoms with E-state index in [1.165, 1.54) is 38.5 Å². The van der Waals surface area contributed by atoms with Crippen LogP contribution in [0.5, 0.6) is 0 Å². The average molecular weight is 221 g/mol. The predicted octanol–water partition coefficient (Wildman–Crippen LogP) is 2.21. The summed E-state index contributed by atoms with van der Waals surface area (Å²) in [5.41, 5.74) is 3.59. The van der Waals surface area contributed by atoms with Crippen molar-refractivity contribution in [2.75, 3.05) is 0 Å². The van der Waals surface area contributed by atoms with Crippen molar-refractivity contribution in [1.82, 2.24) is 5.43 Å². The molecule has 0 atom stereocenters. The minimum absolute atomic E-state index is 0.406. The van der Waals surface area contributed by atoms with Crippen molar-refractivity contribution >= 4 is 5.84 Å². The van der Waals surface area contributed by atoms with Gasteiger partial charge < -0.3 is 9.84 Å². The first-order valence-electron chi connectivity index (χ1n) is 5.97. The lowest BCUT2D eigenvalue weighted by atomic mass is 10.1. The summed E-state index contributed by atoms with van der Waals surface area (Å²) >= 11 is 0. The van der Waals surface area contributed by atoms with E-state index in [1.54, 1.807) is 12.5 Å². The van der Waals surface area contributed by atoms with Crippen LogP contribution in [0.25, 0.3) is 0 Å². The van der Waals surface area contributed by atoms with E-state index in [-0.39, 0.29) is 0 Å². The first-order valence-corrected chi connectivity index (χ1v) is 5.97. The average Bonchev–Trinajstić information content (AvgIpc) is 2.71. The minimum Gasteiger partial charge on any atom is -0.472 e. The van der Waals surface area contributed by atoms with Crippen LogP contribution in [0.3, 0.4) is 0 Å². The molecule has 0 radical (unpaired) electrons. The van der Waals surface area contributed by atoms with Crippen LogP contribution in [-0.2, 0) is 0 Å². The van der Waals surface area contributed by atoms with Gasteiger partial charge >= 0.3 is 0 Å². The second-order valence-electron chi connectivity index (χ2n) is 4.28. The molecule has 1 aromatic heterocycles.